The second-order valence-electron chi connectivity index (χ2n) is 1.78. The first kappa shape index (κ1) is 8.23. The first-order valence-electron chi connectivity index (χ1n) is 2.55. The van der Waals surface area contributed by atoms with Gasteiger partial charge in [0.15, 0.2) is 0 Å². The number of thiol groups is 1. The predicted molar refractivity (Wildman–Crippen MR) is 38.6 cm³/mol. The van der Waals surface area contributed by atoms with E-state index in [4.69, 9.17) is 11.5 Å². The highest BCUT2D eigenvalue weighted by molar-refractivity contribution is 7.80. The summed E-state index contributed by atoms with van der Waals surface area (Å²) in [5, 5.41) is 2.87. The quantitative estimate of drug-likeness (QED) is 0.299. The average Bonchev–Trinajstić information content (AvgIpc) is 1.65. The van der Waals surface area contributed by atoms with Crippen LogP contribution in [0.1, 0.15) is 6.92 Å². The molecule has 0 aliphatic rings. The molecule has 5 N–H and O–H groups in total. The third kappa shape index (κ3) is 4.39. The van der Waals surface area contributed by atoms with Gasteiger partial charge >= 0.3 is 0 Å². The Morgan fingerprint density at radius 3 is 2.25 bits per heavy atom. The molecule has 0 saturated carbocycles. The third-order valence-corrected chi connectivity index (χ3v) is 1.30. The molecule has 1 atom stereocenters. The van der Waals surface area contributed by atoms with Crippen LogP contribution in [0.2, 0.25) is 0 Å². The number of hydrogen-bond donors (Lipinski definition) is 4. The summed E-state index contributed by atoms with van der Waals surface area (Å²) in [6.45, 7) is 1.97. The second kappa shape index (κ2) is 4.14. The van der Waals surface area contributed by atoms with Crippen LogP contribution in [0.15, 0.2) is 0 Å². The number of nitrogens with one attached hydrogen (secondary N) is 1. The summed E-state index contributed by atoms with van der Waals surface area (Å²) in [6.07, 6.45) is -0.419. The van der Waals surface area contributed by atoms with E-state index >= 15 is 0 Å². The molecule has 0 fully saturated rings. The van der Waals surface area contributed by atoms with Gasteiger partial charge in [-0.3, -0.25) is 5.32 Å². The predicted octanol–water partition coefficient (Wildman–Crippen LogP) is -0.905. The van der Waals surface area contributed by atoms with E-state index in [1.807, 2.05) is 6.92 Å². The Balaban J connectivity index is 3.10. The van der Waals surface area contributed by atoms with Crippen molar-refractivity contribution >= 4 is 12.6 Å². The fourth-order valence-electron chi connectivity index (χ4n) is 0.381. The molecule has 0 aromatic rings. The molecule has 0 radical (unpaired) electrons. The van der Waals surface area contributed by atoms with Gasteiger partial charge in [-0.1, -0.05) is 0 Å². The van der Waals surface area contributed by atoms with Crippen LogP contribution in [0.25, 0.3) is 0 Å². The van der Waals surface area contributed by atoms with E-state index in [1.165, 1.54) is 0 Å². The molecule has 0 aromatic heterocycles. The number of hydrogen-bond acceptors (Lipinski definition) is 4. The molecule has 0 heterocycles. The van der Waals surface area contributed by atoms with Crippen molar-refractivity contribution in [3.05, 3.63) is 0 Å². The highest BCUT2D eigenvalue weighted by Crippen LogP contribution is 1.82. The average molecular weight is 135 g/mol. The highest BCUT2D eigenvalue weighted by Gasteiger charge is 1.98. The van der Waals surface area contributed by atoms with Gasteiger partial charge in [-0.15, -0.1) is 0 Å². The van der Waals surface area contributed by atoms with Crippen LogP contribution in [-0.4, -0.2) is 18.1 Å². The minimum absolute atomic E-state index is 0.290. The first-order chi connectivity index (χ1) is 3.66. The molecule has 0 aliphatic carbocycles. The molecule has 50 valence electrons. The van der Waals surface area contributed by atoms with E-state index in [9.17, 15) is 0 Å². The maximum atomic E-state index is 5.20. The van der Waals surface area contributed by atoms with Gasteiger partial charge in [0.2, 0.25) is 0 Å². The minimum atomic E-state index is -0.419. The van der Waals surface area contributed by atoms with Crippen LogP contribution in [0.4, 0.5) is 0 Å². The van der Waals surface area contributed by atoms with Gasteiger partial charge in [0.25, 0.3) is 0 Å². The van der Waals surface area contributed by atoms with Gasteiger partial charge in [-0.25, -0.2) is 0 Å². The van der Waals surface area contributed by atoms with Crippen LogP contribution in [0, 0.1) is 0 Å². The number of rotatable bonds is 3. The maximum absolute atomic E-state index is 5.20. The molecule has 0 amide bonds. The van der Waals surface area contributed by atoms with Crippen molar-refractivity contribution in [3.8, 4) is 0 Å². The molecule has 8 heavy (non-hydrogen) atoms. The van der Waals surface area contributed by atoms with Gasteiger partial charge in [-0.2, -0.15) is 12.6 Å². The monoisotopic (exact) mass is 135 g/mol. The molecule has 0 saturated heterocycles. The normalized spacial score (nSPS) is 14.6. The van der Waals surface area contributed by atoms with Crippen LogP contribution in [0.5, 0.6) is 0 Å². The Hall–Kier alpha value is 0.230. The van der Waals surface area contributed by atoms with E-state index in [1.54, 1.807) is 0 Å². The summed E-state index contributed by atoms with van der Waals surface area (Å²) in [5.74, 6) is 0.755. The summed E-state index contributed by atoms with van der Waals surface area (Å²) in [5.41, 5.74) is 10.4. The standard InChI is InChI=1S/C4H13N3S/c1-3(2-8)7-4(5)6/h3-4,7-8H,2,5-6H2,1H3. The van der Waals surface area contributed by atoms with E-state index in [2.05, 4.69) is 17.9 Å². The van der Waals surface area contributed by atoms with Crippen molar-refractivity contribution in [3.63, 3.8) is 0 Å². The van der Waals surface area contributed by atoms with Crippen molar-refractivity contribution in [2.75, 3.05) is 5.75 Å². The second-order valence-corrected chi connectivity index (χ2v) is 2.14. The lowest BCUT2D eigenvalue weighted by atomic mass is 10.4. The fraction of sp³-hybridized carbons (Fsp3) is 1.00. The first-order valence-corrected chi connectivity index (χ1v) is 3.18. The zero-order chi connectivity index (χ0) is 6.57. The Bertz CT molecular complexity index is 57.2. The Morgan fingerprint density at radius 1 is 1.62 bits per heavy atom. The molecule has 4 heteroatoms. The fourth-order valence-corrected chi connectivity index (χ4v) is 0.487. The zero-order valence-corrected chi connectivity index (χ0v) is 5.86. The Morgan fingerprint density at radius 2 is 2.12 bits per heavy atom. The molecule has 0 rings (SSSR count). The van der Waals surface area contributed by atoms with Gasteiger partial charge in [0.05, 0.1) is 0 Å². The molecular weight excluding hydrogens is 122 g/mol. The smallest absolute Gasteiger partial charge is 0.107 e. The molecule has 0 aliphatic heterocycles. The Kier molecular flexibility index (Phi) is 4.26. The van der Waals surface area contributed by atoms with Crippen LogP contribution in [-0.2, 0) is 0 Å². The molecule has 0 spiro atoms. The SMILES string of the molecule is CC(CS)NC(N)N. The molecular formula is C4H13N3S. The van der Waals surface area contributed by atoms with E-state index in [-0.39, 0.29) is 0 Å². The largest absolute Gasteiger partial charge is 0.304 e. The van der Waals surface area contributed by atoms with Gasteiger partial charge in [0, 0.05) is 11.8 Å². The van der Waals surface area contributed by atoms with Crippen molar-refractivity contribution in [1.82, 2.24) is 5.32 Å². The van der Waals surface area contributed by atoms with Crippen LogP contribution >= 0.6 is 12.6 Å². The molecule has 0 bridgehead atoms. The lowest BCUT2D eigenvalue weighted by Gasteiger charge is -2.13. The topological polar surface area (TPSA) is 64.1 Å². The molecule has 1 unspecified atom stereocenters. The van der Waals surface area contributed by atoms with Crippen molar-refractivity contribution in [1.29, 1.82) is 0 Å². The van der Waals surface area contributed by atoms with Crippen LogP contribution < -0.4 is 16.8 Å². The van der Waals surface area contributed by atoms with Gasteiger partial charge in [0.1, 0.15) is 6.29 Å². The summed E-state index contributed by atoms with van der Waals surface area (Å²) in [4.78, 5) is 0. The summed E-state index contributed by atoms with van der Waals surface area (Å²) in [7, 11) is 0. The van der Waals surface area contributed by atoms with Crippen molar-refractivity contribution in [2.45, 2.75) is 19.3 Å². The van der Waals surface area contributed by atoms with E-state index < -0.39 is 6.29 Å². The van der Waals surface area contributed by atoms with Gasteiger partial charge in [-0.05, 0) is 6.92 Å². The van der Waals surface area contributed by atoms with Crippen molar-refractivity contribution in [2.24, 2.45) is 11.5 Å². The van der Waals surface area contributed by atoms with Crippen molar-refractivity contribution < 1.29 is 0 Å². The summed E-state index contributed by atoms with van der Waals surface area (Å²) >= 11 is 4.02. The van der Waals surface area contributed by atoms with Gasteiger partial charge < -0.3 is 11.5 Å². The minimum Gasteiger partial charge on any atom is -0.304 e. The highest BCUT2D eigenvalue weighted by atomic mass is 32.1. The van der Waals surface area contributed by atoms with E-state index in [0.717, 1.165) is 5.75 Å². The number of nitrogens with two attached hydrogens (primary N) is 2. The van der Waals surface area contributed by atoms with Crippen LogP contribution in [0.3, 0.4) is 0 Å². The summed E-state index contributed by atoms with van der Waals surface area (Å²) < 4.78 is 0. The summed E-state index contributed by atoms with van der Waals surface area (Å²) in [6, 6.07) is 0.290. The lowest BCUT2D eigenvalue weighted by molar-refractivity contribution is 0.491. The van der Waals surface area contributed by atoms with E-state index in [0.29, 0.717) is 6.04 Å². The molecule has 0 aromatic carbocycles. The third-order valence-electron chi connectivity index (χ3n) is 0.751. The Labute approximate surface area is 55.2 Å². The molecule has 3 nitrogen and oxygen atoms in total. The maximum Gasteiger partial charge on any atom is 0.107 e. The zero-order valence-electron chi connectivity index (χ0n) is 4.96. The lowest BCUT2D eigenvalue weighted by Crippen LogP contribution is -2.49.